The molecule has 0 radical (unpaired) electrons. The van der Waals surface area contributed by atoms with Crippen LogP contribution in [0.15, 0.2) is 0 Å². The molecule has 4 heteroatoms. The van der Waals surface area contributed by atoms with Gasteiger partial charge in [-0.15, -0.1) is 0 Å². The highest BCUT2D eigenvalue weighted by atomic mass is 15.3. The summed E-state index contributed by atoms with van der Waals surface area (Å²) < 4.78 is 1.77. The van der Waals surface area contributed by atoms with Gasteiger partial charge >= 0.3 is 0 Å². The lowest BCUT2D eigenvalue weighted by atomic mass is 10.1. The molecule has 0 unspecified atom stereocenters. The predicted molar refractivity (Wildman–Crippen MR) is 77.3 cm³/mol. The van der Waals surface area contributed by atoms with Crippen LogP contribution in [-0.2, 0) is 13.6 Å². The van der Waals surface area contributed by atoms with Gasteiger partial charge in [-0.3, -0.25) is 9.58 Å². The van der Waals surface area contributed by atoms with Crippen molar-refractivity contribution in [3.8, 4) is 0 Å². The number of anilines is 1. The van der Waals surface area contributed by atoms with Crippen molar-refractivity contribution in [3.63, 3.8) is 0 Å². The van der Waals surface area contributed by atoms with Crippen LogP contribution in [0.5, 0.6) is 0 Å². The summed E-state index contributed by atoms with van der Waals surface area (Å²) in [6, 6.07) is 0. The average molecular weight is 252 g/mol. The molecular formula is C14H28N4. The van der Waals surface area contributed by atoms with Crippen LogP contribution >= 0.6 is 0 Å². The molecule has 0 aliphatic rings. The first-order valence-corrected chi connectivity index (χ1v) is 6.81. The lowest BCUT2D eigenvalue weighted by Crippen LogP contribution is -2.31. The molecule has 2 N–H and O–H groups in total. The maximum Gasteiger partial charge on any atom is 0.126 e. The van der Waals surface area contributed by atoms with E-state index in [0.717, 1.165) is 31.1 Å². The van der Waals surface area contributed by atoms with Crippen molar-refractivity contribution in [1.82, 2.24) is 14.7 Å². The number of nitrogens with zero attached hydrogens (tertiary/aromatic N) is 3. The van der Waals surface area contributed by atoms with Crippen molar-refractivity contribution < 1.29 is 0 Å². The molecule has 18 heavy (non-hydrogen) atoms. The molecule has 1 heterocycles. The largest absolute Gasteiger partial charge is 0.384 e. The fourth-order valence-corrected chi connectivity index (χ4v) is 2.38. The molecule has 0 atom stereocenters. The second-order valence-electron chi connectivity index (χ2n) is 6.05. The molecule has 0 saturated heterocycles. The van der Waals surface area contributed by atoms with E-state index in [9.17, 15) is 0 Å². The summed E-state index contributed by atoms with van der Waals surface area (Å²) in [5.41, 5.74) is 8.32. The van der Waals surface area contributed by atoms with E-state index < -0.39 is 0 Å². The molecule has 1 aromatic rings. The molecule has 0 aromatic carbocycles. The fraction of sp³-hybridized carbons (Fsp3) is 0.786. The molecule has 0 aliphatic heterocycles. The van der Waals surface area contributed by atoms with E-state index in [4.69, 9.17) is 5.73 Å². The van der Waals surface area contributed by atoms with Crippen molar-refractivity contribution >= 4 is 5.82 Å². The molecule has 0 aliphatic carbocycles. The van der Waals surface area contributed by atoms with Gasteiger partial charge in [0.15, 0.2) is 0 Å². The quantitative estimate of drug-likeness (QED) is 0.846. The highest BCUT2D eigenvalue weighted by Crippen LogP contribution is 2.19. The van der Waals surface area contributed by atoms with Gasteiger partial charge in [0.2, 0.25) is 0 Å². The van der Waals surface area contributed by atoms with Crippen LogP contribution in [-0.4, -0.2) is 27.8 Å². The SMILES string of the molecule is Cc1nn(C)c(N)c1CN(CC(C)C)CC(C)C. The average Bonchev–Trinajstić information content (AvgIpc) is 2.43. The maximum absolute atomic E-state index is 6.09. The first kappa shape index (κ1) is 15.0. The van der Waals surface area contributed by atoms with Crippen LogP contribution in [0.25, 0.3) is 0 Å². The zero-order chi connectivity index (χ0) is 13.9. The normalized spacial score (nSPS) is 12.1. The predicted octanol–water partition coefficient (Wildman–Crippen LogP) is 2.42. The number of aryl methyl sites for hydroxylation is 2. The molecule has 0 spiro atoms. The van der Waals surface area contributed by atoms with E-state index in [2.05, 4.69) is 37.7 Å². The van der Waals surface area contributed by atoms with Gasteiger partial charge in [0, 0.05) is 32.2 Å². The maximum atomic E-state index is 6.09. The minimum absolute atomic E-state index is 0.668. The molecule has 1 rings (SSSR count). The molecule has 4 nitrogen and oxygen atoms in total. The highest BCUT2D eigenvalue weighted by molar-refractivity contribution is 5.42. The van der Waals surface area contributed by atoms with Crippen LogP contribution in [0.1, 0.15) is 39.0 Å². The number of nitrogen functional groups attached to an aromatic ring is 1. The standard InChI is InChI=1S/C14H28N4/c1-10(2)7-18(8-11(3)4)9-13-12(5)16-17(6)14(13)15/h10-11H,7-9,15H2,1-6H3. The number of nitrogens with two attached hydrogens (primary N) is 1. The Bertz CT molecular complexity index is 369. The number of hydrogen-bond donors (Lipinski definition) is 1. The molecule has 0 bridgehead atoms. The van der Waals surface area contributed by atoms with Crippen LogP contribution in [0.3, 0.4) is 0 Å². The second-order valence-corrected chi connectivity index (χ2v) is 6.05. The summed E-state index contributed by atoms with van der Waals surface area (Å²) in [7, 11) is 1.90. The number of hydrogen-bond acceptors (Lipinski definition) is 3. The molecule has 0 fully saturated rings. The van der Waals surface area contributed by atoms with Crippen molar-refractivity contribution in [1.29, 1.82) is 0 Å². The molecule has 0 saturated carbocycles. The zero-order valence-electron chi connectivity index (χ0n) is 12.7. The summed E-state index contributed by atoms with van der Waals surface area (Å²) >= 11 is 0. The van der Waals surface area contributed by atoms with Gasteiger partial charge in [-0.1, -0.05) is 27.7 Å². The van der Waals surface area contributed by atoms with Crippen LogP contribution in [0, 0.1) is 18.8 Å². The van der Waals surface area contributed by atoms with E-state index in [1.807, 2.05) is 14.0 Å². The first-order chi connectivity index (χ1) is 8.31. The van der Waals surface area contributed by atoms with E-state index >= 15 is 0 Å². The molecule has 104 valence electrons. The van der Waals surface area contributed by atoms with E-state index in [1.54, 1.807) is 4.68 Å². The fourth-order valence-electron chi connectivity index (χ4n) is 2.38. The van der Waals surface area contributed by atoms with Crippen molar-refractivity contribution in [3.05, 3.63) is 11.3 Å². The van der Waals surface area contributed by atoms with Gasteiger partial charge < -0.3 is 5.73 Å². The van der Waals surface area contributed by atoms with Crippen LogP contribution in [0.4, 0.5) is 5.82 Å². The van der Waals surface area contributed by atoms with Crippen molar-refractivity contribution in [2.75, 3.05) is 18.8 Å². The summed E-state index contributed by atoms with van der Waals surface area (Å²) in [5.74, 6) is 2.13. The third-order valence-corrected chi connectivity index (χ3v) is 3.02. The van der Waals surface area contributed by atoms with Crippen LogP contribution in [0.2, 0.25) is 0 Å². The third kappa shape index (κ3) is 4.02. The summed E-state index contributed by atoms with van der Waals surface area (Å²) in [5, 5.41) is 4.39. The summed E-state index contributed by atoms with van der Waals surface area (Å²) in [6.07, 6.45) is 0. The topological polar surface area (TPSA) is 47.1 Å². The van der Waals surface area contributed by atoms with Gasteiger partial charge in [0.1, 0.15) is 5.82 Å². The lowest BCUT2D eigenvalue weighted by molar-refractivity contribution is 0.211. The highest BCUT2D eigenvalue weighted by Gasteiger charge is 2.16. The Morgan fingerprint density at radius 3 is 2.00 bits per heavy atom. The Labute approximate surface area is 111 Å². The monoisotopic (exact) mass is 252 g/mol. The number of rotatable bonds is 6. The van der Waals surface area contributed by atoms with Gasteiger partial charge in [-0.2, -0.15) is 5.10 Å². The Kier molecular flexibility index (Phi) is 5.20. The molecular weight excluding hydrogens is 224 g/mol. The Morgan fingerprint density at radius 1 is 1.17 bits per heavy atom. The van der Waals surface area contributed by atoms with E-state index in [0.29, 0.717) is 11.8 Å². The molecule has 1 aromatic heterocycles. The second kappa shape index (κ2) is 6.23. The smallest absolute Gasteiger partial charge is 0.126 e. The summed E-state index contributed by atoms with van der Waals surface area (Å²) in [4.78, 5) is 2.48. The lowest BCUT2D eigenvalue weighted by Gasteiger charge is -2.26. The minimum Gasteiger partial charge on any atom is -0.384 e. The Hall–Kier alpha value is -1.03. The Morgan fingerprint density at radius 2 is 1.67 bits per heavy atom. The van der Waals surface area contributed by atoms with Gasteiger partial charge in [-0.05, 0) is 18.8 Å². The van der Waals surface area contributed by atoms with Gasteiger partial charge in [0.05, 0.1) is 5.69 Å². The van der Waals surface area contributed by atoms with E-state index in [-0.39, 0.29) is 0 Å². The Balaban J connectivity index is 2.81. The zero-order valence-corrected chi connectivity index (χ0v) is 12.7. The minimum atomic E-state index is 0.668. The number of aromatic nitrogens is 2. The van der Waals surface area contributed by atoms with E-state index in [1.165, 1.54) is 5.56 Å². The molecule has 0 amide bonds. The summed E-state index contributed by atoms with van der Waals surface area (Å²) in [6.45, 7) is 14.2. The first-order valence-electron chi connectivity index (χ1n) is 6.81. The van der Waals surface area contributed by atoms with Gasteiger partial charge in [0.25, 0.3) is 0 Å². The third-order valence-electron chi connectivity index (χ3n) is 3.02. The van der Waals surface area contributed by atoms with Gasteiger partial charge in [-0.25, -0.2) is 0 Å². The van der Waals surface area contributed by atoms with Crippen molar-refractivity contribution in [2.45, 2.75) is 41.2 Å². The van der Waals surface area contributed by atoms with Crippen molar-refractivity contribution in [2.24, 2.45) is 18.9 Å². The van der Waals surface area contributed by atoms with Crippen LogP contribution < -0.4 is 5.73 Å².